The SMILES string of the molecule is O=Cc1ccc(CN2C(=O)CSC2=O)o1. The molecule has 78 valence electrons. The highest BCUT2D eigenvalue weighted by atomic mass is 32.2. The number of hydrogen-bond acceptors (Lipinski definition) is 5. The summed E-state index contributed by atoms with van der Waals surface area (Å²) in [5.74, 6) is 0.576. The number of nitrogens with zero attached hydrogens (tertiary/aromatic N) is 1. The van der Waals surface area contributed by atoms with Gasteiger partial charge in [0.15, 0.2) is 12.0 Å². The molecule has 1 aliphatic rings. The van der Waals surface area contributed by atoms with Crippen LogP contribution in [0.5, 0.6) is 0 Å². The Balaban J connectivity index is 2.11. The monoisotopic (exact) mass is 225 g/mol. The van der Waals surface area contributed by atoms with Crippen LogP contribution in [0.15, 0.2) is 16.5 Å². The number of imide groups is 1. The van der Waals surface area contributed by atoms with Crippen molar-refractivity contribution in [3.8, 4) is 0 Å². The van der Waals surface area contributed by atoms with E-state index in [4.69, 9.17) is 4.42 Å². The van der Waals surface area contributed by atoms with Gasteiger partial charge in [-0.25, -0.2) is 0 Å². The molecule has 0 aliphatic carbocycles. The molecule has 2 heterocycles. The molecule has 0 spiro atoms. The molecule has 1 aromatic heterocycles. The first-order chi connectivity index (χ1) is 7.20. The Kier molecular flexibility index (Phi) is 2.59. The van der Waals surface area contributed by atoms with E-state index < -0.39 is 0 Å². The van der Waals surface area contributed by atoms with E-state index in [-0.39, 0.29) is 29.2 Å². The van der Waals surface area contributed by atoms with Crippen molar-refractivity contribution >= 4 is 29.2 Å². The molecule has 0 aromatic carbocycles. The molecule has 1 aromatic rings. The standard InChI is InChI=1S/C9H7NO4S/c11-4-7-2-1-6(14-7)3-10-8(12)5-15-9(10)13/h1-2,4H,3,5H2. The lowest BCUT2D eigenvalue weighted by Crippen LogP contribution is -2.27. The molecule has 0 unspecified atom stereocenters. The molecule has 1 fully saturated rings. The summed E-state index contributed by atoms with van der Waals surface area (Å²) in [5.41, 5.74) is 0. The number of amides is 2. The summed E-state index contributed by atoms with van der Waals surface area (Å²) < 4.78 is 5.07. The molecule has 1 aliphatic heterocycles. The van der Waals surface area contributed by atoms with E-state index in [1.54, 1.807) is 6.07 Å². The zero-order chi connectivity index (χ0) is 10.8. The zero-order valence-corrected chi connectivity index (χ0v) is 8.45. The van der Waals surface area contributed by atoms with E-state index in [9.17, 15) is 14.4 Å². The third-order valence-corrected chi connectivity index (χ3v) is 2.81. The first-order valence-electron chi connectivity index (χ1n) is 4.21. The Morgan fingerprint density at radius 1 is 1.47 bits per heavy atom. The summed E-state index contributed by atoms with van der Waals surface area (Å²) in [6, 6.07) is 3.08. The van der Waals surface area contributed by atoms with Crippen LogP contribution >= 0.6 is 11.8 Å². The van der Waals surface area contributed by atoms with E-state index >= 15 is 0 Å². The van der Waals surface area contributed by atoms with Crippen molar-refractivity contribution in [2.75, 3.05) is 5.75 Å². The van der Waals surface area contributed by atoms with Gasteiger partial charge < -0.3 is 4.42 Å². The van der Waals surface area contributed by atoms with Crippen molar-refractivity contribution in [1.82, 2.24) is 4.90 Å². The highest BCUT2D eigenvalue weighted by Crippen LogP contribution is 2.21. The van der Waals surface area contributed by atoms with E-state index in [1.807, 2.05) is 0 Å². The normalized spacial score (nSPS) is 16.1. The van der Waals surface area contributed by atoms with Crippen molar-refractivity contribution in [3.63, 3.8) is 0 Å². The summed E-state index contributed by atoms with van der Waals surface area (Å²) >= 11 is 0.972. The van der Waals surface area contributed by atoms with Crippen molar-refractivity contribution in [3.05, 3.63) is 23.7 Å². The minimum absolute atomic E-state index is 0.0957. The topological polar surface area (TPSA) is 67.6 Å². The number of carbonyl (C=O) groups excluding carboxylic acids is 3. The summed E-state index contributed by atoms with van der Waals surface area (Å²) in [4.78, 5) is 33.9. The van der Waals surface area contributed by atoms with E-state index in [1.165, 1.54) is 6.07 Å². The van der Waals surface area contributed by atoms with Gasteiger partial charge >= 0.3 is 0 Å². The van der Waals surface area contributed by atoms with Crippen LogP contribution in [0.3, 0.4) is 0 Å². The van der Waals surface area contributed by atoms with Crippen molar-refractivity contribution in [2.24, 2.45) is 0 Å². The molecule has 2 amide bonds. The van der Waals surface area contributed by atoms with Gasteiger partial charge in [-0.2, -0.15) is 0 Å². The van der Waals surface area contributed by atoms with Gasteiger partial charge in [0, 0.05) is 0 Å². The largest absolute Gasteiger partial charge is 0.456 e. The van der Waals surface area contributed by atoms with Crippen LogP contribution in [0.2, 0.25) is 0 Å². The lowest BCUT2D eigenvalue weighted by Gasteiger charge is -2.09. The number of thioether (sulfide) groups is 1. The molecule has 1 saturated heterocycles. The van der Waals surface area contributed by atoms with Gasteiger partial charge in [-0.05, 0) is 12.1 Å². The first-order valence-corrected chi connectivity index (χ1v) is 5.20. The fourth-order valence-electron chi connectivity index (χ4n) is 1.23. The van der Waals surface area contributed by atoms with E-state index in [2.05, 4.69) is 0 Å². The number of rotatable bonds is 3. The number of hydrogen-bond donors (Lipinski definition) is 0. The van der Waals surface area contributed by atoms with Crippen LogP contribution in [-0.4, -0.2) is 28.1 Å². The number of carbonyl (C=O) groups is 3. The Bertz CT molecular complexity index is 410. The molecule has 15 heavy (non-hydrogen) atoms. The van der Waals surface area contributed by atoms with Crippen LogP contribution in [0.1, 0.15) is 16.3 Å². The molecule has 0 atom stereocenters. The Hall–Kier alpha value is -1.56. The second-order valence-electron chi connectivity index (χ2n) is 2.96. The summed E-state index contributed by atoms with van der Waals surface area (Å²) in [5, 5.41) is -0.274. The smallest absolute Gasteiger partial charge is 0.289 e. The van der Waals surface area contributed by atoms with Crippen molar-refractivity contribution in [2.45, 2.75) is 6.54 Å². The van der Waals surface area contributed by atoms with E-state index in [0.29, 0.717) is 12.0 Å². The van der Waals surface area contributed by atoms with Crippen LogP contribution in [0, 0.1) is 0 Å². The van der Waals surface area contributed by atoms with Crippen molar-refractivity contribution < 1.29 is 18.8 Å². The summed E-state index contributed by atoms with van der Waals surface area (Å²) in [6.07, 6.45) is 0.575. The highest BCUT2D eigenvalue weighted by molar-refractivity contribution is 8.14. The van der Waals surface area contributed by atoms with Crippen LogP contribution in [0.25, 0.3) is 0 Å². The number of furan rings is 1. The lowest BCUT2D eigenvalue weighted by molar-refractivity contribution is -0.125. The van der Waals surface area contributed by atoms with Crippen LogP contribution in [0.4, 0.5) is 4.79 Å². The van der Waals surface area contributed by atoms with Gasteiger partial charge in [0.05, 0.1) is 12.3 Å². The molecule has 6 heteroatoms. The maximum atomic E-state index is 11.2. The molecular formula is C9H7NO4S. The maximum Gasteiger partial charge on any atom is 0.289 e. The fourth-order valence-corrected chi connectivity index (χ4v) is 1.96. The second-order valence-corrected chi connectivity index (χ2v) is 3.88. The van der Waals surface area contributed by atoms with Gasteiger partial charge in [0.1, 0.15) is 5.76 Å². The predicted octanol–water partition coefficient (Wildman–Crippen LogP) is 1.29. The third-order valence-electron chi connectivity index (χ3n) is 1.95. The average Bonchev–Trinajstić information content (AvgIpc) is 2.80. The summed E-state index contributed by atoms with van der Waals surface area (Å²) in [7, 11) is 0. The molecule has 2 rings (SSSR count). The predicted molar refractivity (Wildman–Crippen MR) is 52.5 cm³/mol. The number of aldehydes is 1. The van der Waals surface area contributed by atoms with Crippen LogP contribution < -0.4 is 0 Å². The van der Waals surface area contributed by atoms with Gasteiger partial charge in [0.2, 0.25) is 5.91 Å². The van der Waals surface area contributed by atoms with E-state index in [0.717, 1.165) is 16.7 Å². The molecule has 0 radical (unpaired) electrons. The highest BCUT2D eigenvalue weighted by Gasteiger charge is 2.30. The first kappa shape index (κ1) is 9.97. The third kappa shape index (κ3) is 1.94. The average molecular weight is 225 g/mol. The van der Waals surface area contributed by atoms with Crippen molar-refractivity contribution in [1.29, 1.82) is 0 Å². The Morgan fingerprint density at radius 2 is 2.27 bits per heavy atom. The summed E-state index contributed by atoms with van der Waals surface area (Å²) in [6.45, 7) is 0.0957. The van der Waals surface area contributed by atoms with Gasteiger partial charge in [-0.3, -0.25) is 19.3 Å². The molecule has 5 nitrogen and oxygen atoms in total. The van der Waals surface area contributed by atoms with Gasteiger partial charge in [-0.15, -0.1) is 0 Å². The van der Waals surface area contributed by atoms with Crippen LogP contribution in [-0.2, 0) is 11.3 Å². The molecule has 0 N–H and O–H groups in total. The Morgan fingerprint density at radius 3 is 2.80 bits per heavy atom. The van der Waals surface area contributed by atoms with Gasteiger partial charge in [-0.1, -0.05) is 11.8 Å². The Labute approximate surface area is 89.4 Å². The van der Waals surface area contributed by atoms with Gasteiger partial charge in [0.25, 0.3) is 5.24 Å². The fraction of sp³-hybridized carbons (Fsp3) is 0.222. The second kappa shape index (κ2) is 3.90. The molecule has 0 saturated carbocycles. The zero-order valence-electron chi connectivity index (χ0n) is 7.63. The minimum Gasteiger partial charge on any atom is -0.456 e. The maximum absolute atomic E-state index is 11.2. The quantitative estimate of drug-likeness (QED) is 0.725. The molecular weight excluding hydrogens is 218 g/mol. The lowest BCUT2D eigenvalue weighted by atomic mass is 10.4. The molecule has 0 bridgehead atoms. The minimum atomic E-state index is -0.274.